The van der Waals surface area contributed by atoms with Crippen molar-refractivity contribution in [3.8, 4) is 6.07 Å². The van der Waals surface area contributed by atoms with Crippen molar-refractivity contribution in [1.82, 2.24) is 0 Å². The Kier molecular flexibility index (Phi) is 3.36. The molecule has 0 unspecified atom stereocenters. The zero-order valence-corrected chi connectivity index (χ0v) is 9.89. The number of hydrogen-bond donors (Lipinski definition) is 1. The maximum Gasteiger partial charge on any atom is 0.0702 e. The van der Waals surface area contributed by atoms with Gasteiger partial charge in [-0.3, -0.25) is 0 Å². The van der Waals surface area contributed by atoms with E-state index in [0.29, 0.717) is 6.54 Å². The molecule has 0 aliphatic heterocycles. The highest BCUT2D eigenvalue weighted by molar-refractivity contribution is 5.48. The summed E-state index contributed by atoms with van der Waals surface area (Å²) < 4.78 is 0. The van der Waals surface area contributed by atoms with Crippen LogP contribution in [0.2, 0.25) is 0 Å². The van der Waals surface area contributed by atoms with E-state index in [-0.39, 0.29) is 5.41 Å². The molecule has 1 aromatic carbocycles. The highest BCUT2D eigenvalue weighted by Gasteiger charge is 2.15. The van der Waals surface area contributed by atoms with E-state index in [1.165, 1.54) is 11.1 Å². The summed E-state index contributed by atoms with van der Waals surface area (Å²) in [6, 6.07) is 8.53. The topological polar surface area (TPSA) is 35.8 Å². The molecule has 1 N–H and O–H groups in total. The van der Waals surface area contributed by atoms with E-state index in [1.54, 1.807) is 0 Å². The van der Waals surface area contributed by atoms with E-state index >= 15 is 0 Å². The number of aryl methyl sites for hydroxylation is 2. The summed E-state index contributed by atoms with van der Waals surface area (Å²) in [7, 11) is 0. The molecule has 0 atom stereocenters. The molecule has 0 saturated carbocycles. The van der Waals surface area contributed by atoms with Crippen molar-refractivity contribution in [1.29, 1.82) is 5.26 Å². The van der Waals surface area contributed by atoms with Gasteiger partial charge in [0.05, 0.1) is 11.5 Å². The first-order valence-corrected chi connectivity index (χ1v) is 5.17. The fraction of sp³-hybridized carbons (Fsp3) is 0.462. The third-order valence-corrected chi connectivity index (χ3v) is 2.54. The first-order valence-electron chi connectivity index (χ1n) is 5.17. The Balaban J connectivity index is 2.67. The quantitative estimate of drug-likeness (QED) is 0.816. The minimum atomic E-state index is -0.321. The molecule has 0 fully saturated rings. The number of anilines is 1. The van der Waals surface area contributed by atoms with E-state index in [4.69, 9.17) is 5.26 Å². The number of benzene rings is 1. The molecule has 0 aromatic heterocycles. The van der Waals surface area contributed by atoms with Gasteiger partial charge in [-0.05, 0) is 51.0 Å². The van der Waals surface area contributed by atoms with Crippen LogP contribution in [0, 0.1) is 30.6 Å². The van der Waals surface area contributed by atoms with Crippen LogP contribution in [0.25, 0.3) is 0 Å². The molecule has 0 heterocycles. The Morgan fingerprint density at radius 1 is 1.27 bits per heavy atom. The summed E-state index contributed by atoms with van der Waals surface area (Å²) >= 11 is 0. The van der Waals surface area contributed by atoms with Gasteiger partial charge in [-0.2, -0.15) is 5.26 Å². The van der Waals surface area contributed by atoms with Crippen molar-refractivity contribution in [3.63, 3.8) is 0 Å². The Morgan fingerprint density at radius 3 is 2.47 bits per heavy atom. The van der Waals surface area contributed by atoms with Gasteiger partial charge in [-0.1, -0.05) is 6.07 Å². The molecule has 0 radical (unpaired) electrons. The maximum absolute atomic E-state index is 8.88. The molecule has 0 saturated heterocycles. The SMILES string of the molecule is Cc1ccc(NCC(C)(C)C#N)cc1C. The summed E-state index contributed by atoms with van der Waals surface area (Å²) in [5.41, 5.74) is 3.33. The smallest absolute Gasteiger partial charge is 0.0702 e. The molecule has 15 heavy (non-hydrogen) atoms. The summed E-state index contributed by atoms with van der Waals surface area (Å²) in [4.78, 5) is 0. The van der Waals surface area contributed by atoms with Gasteiger partial charge < -0.3 is 5.32 Å². The zero-order valence-electron chi connectivity index (χ0n) is 9.89. The number of hydrogen-bond acceptors (Lipinski definition) is 2. The average molecular weight is 202 g/mol. The minimum Gasteiger partial charge on any atom is -0.383 e. The molecule has 0 spiro atoms. The molecule has 2 heteroatoms. The van der Waals surface area contributed by atoms with Gasteiger partial charge in [0, 0.05) is 12.2 Å². The second-order valence-electron chi connectivity index (χ2n) is 4.65. The highest BCUT2D eigenvalue weighted by atomic mass is 14.9. The Hall–Kier alpha value is -1.49. The van der Waals surface area contributed by atoms with Gasteiger partial charge in [0.1, 0.15) is 0 Å². The maximum atomic E-state index is 8.88. The average Bonchev–Trinajstić information content (AvgIpc) is 2.20. The van der Waals surface area contributed by atoms with Gasteiger partial charge in [-0.15, -0.1) is 0 Å². The molecule has 1 aromatic rings. The molecule has 80 valence electrons. The third kappa shape index (κ3) is 3.28. The predicted octanol–water partition coefficient (Wildman–Crippen LogP) is 3.27. The largest absolute Gasteiger partial charge is 0.383 e. The summed E-state index contributed by atoms with van der Waals surface area (Å²) in [5, 5.41) is 12.2. The Bertz CT molecular complexity index is 386. The number of nitrogens with zero attached hydrogens (tertiary/aromatic N) is 1. The van der Waals surface area contributed by atoms with E-state index in [9.17, 15) is 0 Å². The van der Waals surface area contributed by atoms with Crippen molar-refractivity contribution in [3.05, 3.63) is 29.3 Å². The van der Waals surface area contributed by atoms with Gasteiger partial charge in [-0.25, -0.2) is 0 Å². The zero-order chi connectivity index (χ0) is 11.5. The number of nitrogens with one attached hydrogen (secondary N) is 1. The standard InChI is InChI=1S/C13H18N2/c1-10-5-6-12(7-11(10)2)15-9-13(3,4)8-14/h5-7,15H,9H2,1-4H3. The van der Waals surface area contributed by atoms with Crippen molar-refractivity contribution in [2.24, 2.45) is 5.41 Å². The van der Waals surface area contributed by atoms with Crippen LogP contribution in [0.3, 0.4) is 0 Å². The van der Waals surface area contributed by atoms with E-state index < -0.39 is 0 Å². The van der Waals surface area contributed by atoms with Crippen molar-refractivity contribution in [2.75, 3.05) is 11.9 Å². The van der Waals surface area contributed by atoms with Crippen LogP contribution in [0.1, 0.15) is 25.0 Å². The van der Waals surface area contributed by atoms with Gasteiger partial charge in [0.2, 0.25) is 0 Å². The lowest BCUT2D eigenvalue weighted by Gasteiger charge is -2.17. The van der Waals surface area contributed by atoms with Gasteiger partial charge in [0.25, 0.3) is 0 Å². The second kappa shape index (κ2) is 4.35. The Morgan fingerprint density at radius 2 is 1.93 bits per heavy atom. The molecule has 2 nitrogen and oxygen atoms in total. The summed E-state index contributed by atoms with van der Waals surface area (Å²) in [5.74, 6) is 0. The fourth-order valence-corrected chi connectivity index (χ4v) is 1.21. The first kappa shape index (κ1) is 11.6. The van der Waals surface area contributed by atoms with Crippen LogP contribution < -0.4 is 5.32 Å². The summed E-state index contributed by atoms with van der Waals surface area (Å²) in [6.45, 7) is 8.72. The lowest BCUT2D eigenvalue weighted by atomic mass is 9.96. The lowest BCUT2D eigenvalue weighted by Crippen LogP contribution is -2.20. The predicted molar refractivity (Wildman–Crippen MR) is 63.8 cm³/mol. The van der Waals surface area contributed by atoms with Crippen molar-refractivity contribution in [2.45, 2.75) is 27.7 Å². The fourth-order valence-electron chi connectivity index (χ4n) is 1.21. The molecular formula is C13H18N2. The van der Waals surface area contributed by atoms with Crippen LogP contribution >= 0.6 is 0 Å². The summed E-state index contributed by atoms with van der Waals surface area (Å²) in [6.07, 6.45) is 0. The van der Waals surface area contributed by atoms with Crippen LogP contribution in [0.4, 0.5) is 5.69 Å². The first-order chi connectivity index (χ1) is 6.94. The van der Waals surface area contributed by atoms with Crippen LogP contribution in [-0.2, 0) is 0 Å². The van der Waals surface area contributed by atoms with Gasteiger partial charge >= 0.3 is 0 Å². The van der Waals surface area contributed by atoms with Crippen LogP contribution in [-0.4, -0.2) is 6.54 Å². The molecule has 0 aliphatic carbocycles. The van der Waals surface area contributed by atoms with Crippen molar-refractivity contribution >= 4 is 5.69 Å². The van der Waals surface area contributed by atoms with Crippen LogP contribution in [0.15, 0.2) is 18.2 Å². The second-order valence-corrected chi connectivity index (χ2v) is 4.65. The molecular weight excluding hydrogens is 184 g/mol. The third-order valence-electron chi connectivity index (χ3n) is 2.54. The van der Waals surface area contributed by atoms with E-state index in [2.05, 4.69) is 43.4 Å². The molecule has 0 aliphatic rings. The lowest BCUT2D eigenvalue weighted by molar-refractivity contribution is 0.529. The van der Waals surface area contributed by atoms with Crippen molar-refractivity contribution < 1.29 is 0 Å². The Labute approximate surface area is 91.9 Å². The van der Waals surface area contributed by atoms with E-state index in [1.807, 2.05) is 13.8 Å². The van der Waals surface area contributed by atoms with E-state index in [0.717, 1.165) is 5.69 Å². The van der Waals surface area contributed by atoms with Crippen LogP contribution in [0.5, 0.6) is 0 Å². The molecule has 1 rings (SSSR count). The minimum absolute atomic E-state index is 0.321. The monoisotopic (exact) mass is 202 g/mol. The number of nitriles is 1. The number of rotatable bonds is 3. The molecule has 0 amide bonds. The molecule has 0 bridgehead atoms. The highest BCUT2D eigenvalue weighted by Crippen LogP contribution is 2.18. The normalized spacial score (nSPS) is 10.9. The van der Waals surface area contributed by atoms with Gasteiger partial charge in [0.15, 0.2) is 0 Å².